The summed E-state index contributed by atoms with van der Waals surface area (Å²) in [6.07, 6.45) is 0. The number of hydrogen-bond donors (Lipinski definition) is 0. The maximum absolute atomic E-state index is 4.98. The molecule has 0 saturated carbocycles. The summed E-state index contributed by atoms with van der Waals surface area (Å²) in [6, 6.07) is 0. The fraction of sp³-hybridized carbons (Fsp3) is 0. The molecule has 0 nitrogen and oxygen atoms in total. The average molecular weight is 575 g/mol. The summed E-state index contributed by atoms with van der Waals surface area (Å²) in [5, 5.41) is 0. The Hall–Kier alpha value is 6.92. The summed E-state index contributed by atoms with van der Waals surface area (Å²) in [5.41, 5.74) is 0. The Bertz CT molecular complexity index is 58.0. The molecule has 12 heteroatoms. The average Bonchev–Trinajstić information content (AvgIpc) is 1.12. The van der Waals surface area contributed by atoms with Crippen LogP contribution in [0, 0.1) is 0 Å². The molecule has 0 aliphatic carbocycles. The summed E-state index contributed by atoms with van der Waals surface area (Å²) in [5.74, 6) is 0. The van der Waals surface area contributed by atoms with Crippen molar-refractivity contribution in [1.82, 2.24) is 0 Å². The Morgan fingerprint density at radius 3 is 0.417 bits per heavy atom. The Labute approximate surface area is 195 Å². The standard InChI is InChI=1S/8ClH.2K.2Pd/h8*1H;;;;/q;;;;;;;;2*+1;2*+3/p-8. The van der Waals surface area contributed by atoms with Crippen molar-refractivity contribution in [2.75, 3.05) is 0 Å². The maximum atomic E-state index is 4.98. The van der Waals surface area contributed by atoms with Crippen molar-refractivity contribution < 1.29 is 126 Å². The molecule has 0 aromatic carbocycles. The van der Waals surface area contributed by atoms with Crippen molar-refractivity contribution in [3.05, 3.63) is 0 Å². The third-order valence-electron chi connectivity index (χ3n) is 0. The quantitative estimate of drug-likeness (QED) is 0.343. The van der Waals surface area contributed by atoms with Gasteiger partial charge in [-0.2, -0.15) is 0 Å². The predicted molar refractivity (Wildman–Crippen MR) is 46.8 cm³/mol. The van der Waals surface area contributed by atoms with Crippen molar-refractivity contribution in [3.8, 4) is 0 Å². The molecule has 0 N–H and O–H groups in total. The molecule has 0 fully saturated rings. The van der Waals surface area contributed by atoms with Crippen LogP contribution in [-0.4, -0.2) is 0 Å². The van der Waals surface area contributed by atoms with E-state index in [4.69, 9.17) is 76.2 Å². The first kappa shape index (κ1) is 27.3. The minimum atomic E-state index is -2.81. The van der Waals surface area contributed by atoms with Gasteiger partial charge < -0.3 is 0 Å². The van der Waals surface area contributed by atoms with E-state index in [2.05, 4.69) is 0 Å². The molecule has 0 spiro atoms. The molecule has 0 radical (unpaired) electrons. The fourth-order valence-corrected chi connectivity index (χ4v) is 0. The van der Waals surface area contributed by atoms with Gasteiger partial charge in [-0.1, -0.05) is 0 Å². The maximum Gasteiger partial charge on any atom is 1.00 e. The molecule has 0 aromatic rings. The third kappa shape index (κ3) is 89.6. The first-order chi connectivity index (χ1) is 4.00. The molecule has 0 atom stereocenters. The van der Waals surface area contributed by atoms with Gasteiger partial charge in [0, 0.05) is 0 Å². The Balaban J connectivity index is -0.0000000457. The molecule has 12 heavy (non-hydrogen) atoms. The minimum Gasteiger partial charge on any atom is 1.00 e. The molecular weight excluding hydrogens is 575 g/mol. The summed E-state index contributed by atoms with van der Waals surface area (Å²) >= 11 is -5.62. The normalized spacial score (nSPS) is 12.7. The van der Waals surface area contributed by atoms with Gasteiger partial charge in [-0.3, -0.25) is 0 Å². The van der Waals surface area contributed by atoms with E-state index in [9.17, 15) is 0 Å². The topological polar surface area (TPSA) is 0 Å². The summed E-state index contributed by atoms with van der Waals surface area (Å²) < 4.78 is 0. The molecule has 0 unspecified atom stereocenters. The molecule has 78 valence electrons. The third-order valence-corrected chi connectivity index (χ3v) is 0. The summed E-state index contributed by atoms with van der Waals surface area (Å²) in [7, 11) is 39.8. The molecule has 0 amide bonds. The van der Waals surface area contributed by atoms with E-state index in [0.29, 0.717) is 0 Å². The zero-order valence-electron chi connectivity index (χ0n) is 5.66. The zero-order chi connectivity index (χ0) is 9.00. The van der Waals surface area contributed by atoms with Crippen LogP contribution in [0.2, 0.25) is 0 Å². The van der Waals surface area contributed by atoms with Crippen LogP contribution in [0.4, 0.5) is 0 Å². The first-order valence-corrected chi connectivity index (χ1v) is 17.0. The Kier molecular flexibility index (Phi) is 32.6. The van der Waals surface area contributed by atoms with E-state index >= 15 is 0 Å². The monoisotopic (exact) mass is 569 g/mol. The Morgan fingerprint density at radius 2 is 0.417 bits per heavy atom. The van der Waals surface area contributed by atoms with E-state index in [-0.39, 0.29) is 103 Å². The zero-order valence-corrected chi connectivity index (χ0v) is 21.1. The molecule has 0 bridgehead atoms. The second kappa shape index (κ2) is 14.3. The first-order valence-electron chi connectivity index (χ1n) is 0.956. The van der Waals surface area contributed by atoms with Crippen LogP contribution in [0.15, 0.2) is 0 Å². The Morgan fingerprint density at radius 1 is 0.417 bits per heavy atom. The van der Waals surface area contributed by atoms with Crippen LogP contribution in [0.25, 0.3) is 0 Å². The SMILES string of the molecule is [Cl][Pd-]([Cl])([Cl])[Cl].[Cl][Pd-]([Cl])([Cl])[Cl].[K+].[K+]. The van der Waals surface area contributed by atoms with Gasteiger partial charge >= 0.3 is 202 Å². The van der Waals surface area contributed by atoms with E-state index in [0.717, 1.165) is 0 Å². The predicted octanol–water partition coefficient (Wildman–Crippen LogP) is -0.481. The van der Waals surface area contributed by atoms with Crippen LogP contribution in [0.5, 0.6) is 0 Å². The summed E-state index contributed by atoms with van der Waals surface area (Å²) in [6.45, 7) is 0. The molecule has 0 aliphatic heterocycles. The fourth-order valence-electron chi connectivity index (χ4n) is 0. The van der Waals surface area contributed by atoms with Gasteiger partial charge in [0.05, 0.1) is 0 Å². The van der Waals surface area contributed by atoms with Crippen LogP contribution in [0.1, 0.15) is 0 Å². The van der Waals surface area contributed by atoms with Crippen LogP contribution < -0.4 is 103 Å². The van der Waals surface area contributed by atoms with E-state index in [1.807, 2.05) is 0 Å². The van der Waals surface area contributed by atoms with Gasteiger partial charge in [0.2, 0.25) is 0 Å². The summed E-state index contributed by atoms with van der Waals surface area (Å²) in [4.78, 5) is 0. The van der Waals surface area contributed by atoms with Crippen LogP contribution in [0.3, 0.4) is 0 Å². The molecule has 0 aromatic heterocycles. The van der Waals surface area contributed by atoms with Crippen molar-refractivity contribution in [3.63, 3.8) is 0 Å². The van der Waals surface area contributed by atoms with Gasteiger partial charge in [0.1, 0.15) is 0 Å². The minimum absolute atomic E-state index is 0. The van der Waals surface area contributed by atoms with Gasteiger partial charge in [0.15, 0.2) is 0 Å². The number of rotatable bonds is 0. The van der Waals surface area contributed by atoms with Crippen molar-refractivity contribution in [2.24, 2.45) is 0 Å². The molecular formula is Cl8K2Pd2. The van der Waals surface area contributed by atoms with E-state index < -0.39 is 22.9 Å². The van der Waals surface area contributed by atoms with Crippen LogP contribution in [-0.2, 0) is 22.9 Å². The smallest absolute Gasteiger partial charge is 1.00 e. The number of hydrogen-bond acceptors (Lipinski definition) is 0. The second-order valence-electron chi connectivity index (χ2n) is 0.542. The van der Waals surface area contributed by atoms with Gasteiger partial charge in [-0.05, 0) is 0 Å². The molecule has 0 aliphatic rings. The van der Waals surface area contributed by atoms with Crippen molar-refractivity contribution >= 4 is 76.2 Å². The van der Waals surface area contributed by atoms with Gasteiger partial charge in [-0.25, -0.2) is 0 Å². The second-order valence-corrected chi connectivity index (χ2v) is 28.9. The molecule has 0 heterocycles. The van der Waals surface area contributed by atoms with E-state index in [1.165, 1.54) is 0 Å². The molecule has 0 rings (SSSR count). The largest absolute Gasteiger partial charge is 1.00 e. The van der Waals surface area contributed by atoms with E-state index in [1.54, 1.807) is 0 Å². The van der Waals surface area contributed by atoms with Gasteiger partial charge in [-0.15, -0.1) is 0 Å². The van der Waals surface area contributed by atoms with Crippen molar-refractivity contribution in [2.45, 2.75) is 0 Å². The molecule has 0 saturated heterocycles. The number of halogens is 8. The van der Waals surface area contributed by atoms with Crippen molar-refractivity contribution in [1.29, 1.82) is 0 Å². The van der Waals surface area contributed by atoms with Crippen LogP contribution >= 0.6 is 76.2 Å². The van der Waals surface area contributed by atoms with Gasteiger partial charge in [0.25, 0.3) is 0 Å².